The summed E-state index contributed by atoms with van der Waals surface area (Å²) in [5, 5.41) is 22.8. The quantitative estimate of drug-likeness (QED) is 0.455. The van der Waals surface area contributed by atoms with Crippen LogP contribution < -0.4 is 5.32 Å². The maximum Gasteiger partial charge on any atom is 0.0897 e. The van der Waals surface area contributed by atoms with Crippen molar-refractivity contribution < 1.29 is 14.9 Å². The van der Waals surface area contributed by atoms with Crippen LogP contribution in [0.1, 0.15) is 53.4 Å². The lowest BCUT2D eigenvalue weighted by atomic mass is 9.96. The number of hydrogen-bond donors (Lipinski definition) is 3. The van der Waals surface area contributed by atoms with Gasteiger partial charge < -0.3 is 20.3 Å². The van der Waals surface area contributed by atoms with E-state index in [0.29, 0.717) is 38.1 Å². The molecular formula is C16H35NO3. The average Bonchev–Trinajstić information content (AvgIpc) is 2.39. The molecule has 20 heavy (non-hydrogen) atoms. The molecule has 0 aromatic carbocycles. The Morgan fingerprint density at radius 1 is 1.05 bits per heavy atom. The zero-order valence-electron chi connectivity index (χ0n) is 13.8. The largest absolute Gasteiger partial charge is 0.392 e. The Labute approximate surface area is 124 Å². The minimum Gasteiger partial charge on any atom is -0.392 e. The van der Waals surface area contributed by atoms with Gasteiger partial charge in [-0.1, -0.05) is 40.5 Å². The molecule has 3 N–H and O–H groups in total. The van der Waals surface area contributed by atoms with E-state index >= 15 is 0 Å². The minimum absolute atomic E-state index is 0.329. The lowest BCUT2D eigenvalue weighted by Gasteiger charge is -2.21. The van der Waals surface area contributed by atoms with Crippen molar-refractivity contribution in [3.63, 3.8) is 0 Å². The molecule has 0 bridgehead atoms. The van der Waals surface area contributed by atoms with Crippen LogP contribution in [0.4, 0.5) is 0 Å². The van der Waals surface area contributed by atoms with Crippen molar-refractivity contribution in [2.45, 2.75) is 65.6 Å². The maximum absolute atomic E-state index is 9.94. The summed E-state index contributed by atoms with van der Waals surface area (Å²) in [6.07, 6.45) is 3.36. The molecule has 2 unspecified atom stereocenters. The van der Waals surface area contributed by atoms with Crippen molar-refractivity contribution in [2.24, 2.45) is 11.8 Å². The highest BCUT2D eigenvalue weighted by Gasteiger charge is 2.15. The van der Waals surface area contributed by atoms with E-state index in [1.807, 2.05) is 0 Å². The van der Waals surface area contributed by atoms with E-state index in [-0.39, 0.29) is 6.10 Å². The van der Waals surface area contributed by atoms with Gasteiger partial charge >= 0.3 is 0 Å². The van der Waals surface area contributed by atoms with Gasteiger partial charge in [0.2, 0.25) is 0 Å². The highest BCUT2D eigenvalue weighted by Crippen LogP contribution is 2.12. The Kier molecular flexibility index (Phi) is 12.5. The van der Waals surface area contributed by atoms with Crippen LogP contribution in [0.5, 0.6) is 0 Å². The molecule has 0 fully saturated rings. The van der Waals surface area contributed by atoms with Gasteiger partial charge in [0.25, 0.3) is 0 Å². The summed E-state index contributed by atoms with van der Waals surface area (Å²) in [5.41, 5.74) is 0. The van der Waals surface area contributed by atoms with Gasteiger partial charge in [-0.2, -0.15) is 0 Å². The van der Waals surface area contributed by atoms with E-state index < -0.39 is 6.10 Å². The van der Waals surface area contributed by atoms with Gasteiger partial charge in [-0.15, -0.1) is 0 Å². The SMILES string of the molecule is CCC(CC)C(O)CNCC(O)COCCCC(C)C. The van der Waals surface area contributed by atoms with Gasteiger partial charge in [-0.05, 0) is 24.7 Å². The van der Waals surface area contributed by atoms with Gasteiger partial charge in [-0.25, -0.2) is 0 Å². The van der Waals surface area contributed by atoms with Gasteiger partial charge in [-0.3, -0.25) is 0 Å². The molecule has 2 atom stereocenters. The fraction of sp³-hybridized carbons (Fsp3) is 1.00. The summed E-state index contributed by atoms with van der Waals surface area (Å²) in [6, 6.07) is 0. The van der Waals surface area contributed by atoms with Crippen molar-refractivity contribution in [1.82, 2.24) is 5.32 Å². The van der Waals surface area contributed by atoms with Crippen LogP contribution in [0, 0.1) is 11.8 Å². The number of rotatable bonds is 13. The normalized spacial score (nSPS) is 15.0. The molecule has 0 heterocycles. The van der Waals surface area contributed by atoms with Crippen molar-refractivity contribution >= 4 is 0 Å². The first-order valence-corrected chi connectivity index (χ1v) is 8.15. The molecule has 0 aliphatic carbocycles. The molecule has 122 valence electrons. The molecule has 0 aliphatic heterocycles. The van der Waals surface area contributed by atoms with Crippen molar-refractivity contribution in [2.75, 3.05) is 26.3 Å². The zero-order chi connectivity index (χ0) is 15.4. The van der Waals surface area contributed by atoms with Crippen LogP contribution in [0.15, 0.2) is 0 Å². The molecule has 0 amide bonds. The molecule has 0 radical (unpaired) electrons. The Hall–Kier alpha value is -0.160. The summed E-state index contributed by atoms with van der Waals surface area (Å²) < 4.78 is 5.44. The van der Waals surface area contributed by atoms with Gasteiger partial charge in [0.1, 0.15) is 0 Å². The third-order valence-corrected chi connectivity index (χ3v) is 3.71. The first-order chi connectivity index (χ1) is 9.51. The fourth-order valence-corrected chi connectivity index (χ4v) is 2.27. The topological polar surface area (TPSA) is 61.7 Å². The van der Waals surface area contributed by atoms with Crippen LogP contribution in [-0.4, -0.2) is 48.7 Å². The molecule has 4 heteroatoms. The number of aliphatic hydroxyl groups excluding tert-OH is 2. The number of hydrogen-bond acceptors (Lipinski definition) is 4. The number of ether oxygens (including phenoxy) is 1. The monoisotopic (exact) mass is 289 g/mol. The molecule has 0 rings (SSSR count). The zero-order valence-corrected chi connectivity index (χ0v) is 13.8. The van der Waals surface area contributed by atoms with Crippen molar-refractivity contribution in [3.8, 4) is 0 Å². The number of aliphatic hydroxyl groups is 2. The van der Waals surface area contributed by atoms with Crippen LogP contribution in [0.25, 0.3) is 0 Å². The minimum atomic E-state index is -0.497. The average molecular weight is 289 g/mol. The van der Waals surface area contributed by atoms with E-state index in [1.54, 1.807) is 0 Å². The van der Waals surface area contributed by atoms with Crippen molar-refractivity contribution in [1.29, 1.82) is 0 Å². The van der Waals surface area contributed by atoms with Gasteiger partial charge in [0, 0.05) is 19.7 Å². The molecule has 0 aliphatic rings. The van der Waals surface area contributed by atoms with Crippen LogP contribution >= 0.6 is 0 Å². The Morgan fingerprint density at radius 2 is 1.70 bits per heavy atom. The Bertz CT molecular complexity index is 208. The van der Waals surface area contributed by atoms with E-state index in [4.69, 9.17) is 4.74 Å². The smallest absolute Gasteiger partial charge is 0.0897 e. The molecule has 0 aromatic heterocycles. The standard InChI is InChI=1S/C16H35NO3/c1-5-14(6-2)16(19)11-17-10-15(18)12-20-9-7-8-13(3)4/h13-19H,5-12H2,1-4H3. The van der Waals surface area contributed by atoms with Gasteiger partial charge in [0.05, 0.1) is 18.8 Å². The lowest BCUT2D eigenvalue weighted by Crippen LogP contribution is -2.38. The Morgan fingerprint density at radius 3 is 2.25 bits per heavy atom. The highest BCUT2D eigenvalue weighted by molar-refractivity contribution is 4.70. The lowest BCUT2D eigenvalue weighted by molar-refractivity contribution is 0.0311. The number of nitrogens with one attached hydrogen (secondary N) is 1. The fourth-order valence-electron chi connectivity index (χ4n) is 2.27. The third kappa shape index (κ3) is 10.6. The molecule has 0 aromatic rings. The maximum atomic E-state index is 9.94. The van der Waals surface area contributed by atoms with E-state index in [2.05, 4.69) is 33.0 Å². The van der Waals surface area contributed by atoms with Gasteiger partial charge in [0.15, 0.2) is 0 Å². The second-order valence-corrected chi connectivity index (χ2v) is 6.07. The van der Waals surface area contributed by atoms with E-state index in [0.717, 1.165) is 25.7 Å². The van der Waals surface area contributed by atoms with Crippen LogP contribution in [0.3, 0.4) is 0 Å². The molecule has 4 nitrogen and oxygen atoms in total. The first kappa shape index (κ1) is 19.8. The summed E-state index contributed by atoms with van der Waals surface area (Å²) in [5.74, 6) is 1.05. The second kappa shape index (κ2) is 12.6. The highest BCUT2D eigenvalue weighted by atomic mass is 16.5. The Balaban J connectivity index is 3.51. The first-order valence-electron chi connectivity index (χ1n) is 8.15. The molecule has 0 saturated heterocycles. The summed E-state index contributed by atoms with van der Waals surface area (Å²) >= 11 is 0. The molecule has 0 saturated carbocycles. The van der Waals surface area contributed by atoms with Crippen molar-refractivity contribution in [3.05, 3.63) is 0 Å². The summed E-state index contributed by atoms with van der Waals surface area (Å²) in [6.45, 7) is 10.7. The van der Waals surface area contributed by atoms with E-state index in [9.17, 15) is 10.2 Å². The van der Waals surface area contributed by atoms with E-state index in [1.165, 1.54) is 0 Å². The summed E-state index contributed by atoms with van der Waals surface area (Å²) in [4.78, 5) is 0. The second-order valence-electron chi connectivity index (χ2n) is 6.07. The summed E-state index contributed by atoms with van der Waals surface area (Å²) in [7, 11) is 0. The third-order valence-electron chi connectivity index (χ3n) is 3.71. The molecular weight excluding hydrogens is 254 g/mol. The van der Waals surface area contributed by atoms with Crippen LogP contribution in [0.2, 0.25) is 0 Å². The van der Waals surface area contributed by atoms with Crippen LogP contribution in [-0.2, 0) is 4.74 Å². The predicted octanol–water partition coefficient (Wildman–Crippen LogP) is 2.19. The predicted molar refractivity (Wildman–Crippen MR) is 83.8 cm³/mol. The molecule has 0 spiro atoms.